The summed E-state index contributed by atoms with van der Waals surface area (Å²) >= 11 is 0. The van der Waals surface area contributed by atoms with Crippen molar-refractivity contribution < 1.29 is 18.3 Å². The average Bonchev–Trinajstić information content (AvgIpc) is 2.51. The average molecular weight is 275 g/mol. The molecular formula is C12H19F2N3O2. The number of urea groups is 1. The number of carbonyl (C=O) groups excluding carboxylic acids is 1. The number of amides is 2. The van der Waals surface area contributed by atoms with Gasteiger partial charge in [0.15, 0.2) is 11.9 Å². The van der Waals surface area contributed by atoms with Crippen LogP contribution in [0.25, 0.3) is 0 Å². The fourth-order valence-corrected chi connectivity index (χ4v) is 2.46. The second-order valence-electron chi connectivity index (χ2n) is 5.21. The molecule has 1 unspecified atom stereocenters. The highest BCUT2D eigenvalue weighted by Gasteiger charge is 2.62. The van der Waals surface area contributed by atoms with E-state index in [-0.39, 0.29) is 6.42 Å². The van der Waals surface area contributed by atoms with Crippen LogP contribution in [0, 0.1) is 5.92 Å². The third kappa shape index (κ3) is 2.10. The van der Waals surface area contributed by atoms with Gasteiger partial charge >= 0.3 is 6.03 Å². The van der Waals surface area contributed by atoms with E-state index in [1.54, 1.807) is 6.92 Å². The zero-order valence-corrected chi connectivity index (χ0v) is 11.2. The minimum atomic E-state index is -2.08. The zero-order valence-electron chi connectivity index (χ0n) is 11.2. The lowest BCUT2D eigenvalue weighted by molar-refractivity contribution is -0.176. The van der Waals surface area contributed by atoms with Gasteiger partial charge in [0.05, 0.1) is 12.1 Å². The van der Waals surface area contributed by atoms with E-state index in [1.165, 1.54) is 26.1 Å². The molecule has 0 aromatic rings. The summed E-state index contributed by atoms with van der Waals surface area (Å²) < 4.78 is 34.4. The first-order valence-corrected chi connectivity index (χ1v) is 6.30. The van der Waals surface area contributed by atoms with Crippen LogP contribution in [-0.2, 0) is 4.74 Å². The van der Waals surface area contributed by atoms with Crippen LogP contribution in [0.15, 0.2) is 12.3 Å². The number of carbonyl (C=O) groups is 1. The molecule has 1 fully saturated rings. The maximum Gasteiger partial charge on any atom is 0.325 e. The Kier molecular flexibility index (Phi) is 3.30. The molecule has 1 saturated heterocycles. The second-order valence-corrected chi connectivity index (χ2v) is 5.21. The predicted molar refractivity (Wildman–Crippen MR) is 65.2 cm³/mol. The summed E-state index contributed by atoms with van der Waals surface area (Å²) in [4.78, 5) is 12.8. The quantitative estimate of drug-likeness (QED) is 0.804. The number of nitrogens with two attached hydrogens (primary N) is 1. The molecule has 2 aliphatic heterocycles. The first-order valence-electron chi connectivity index (χ1n) is 6.30. The number of alkyl halides is 2. The van der Waals surface area contributed by atoms with Crippen molar-refractivity contribution in [3.8, 4) is 0 Å². The van der Waals surface area contributed by atoms with Gasteiger partial charge in [0.25, 0.3) is 0 Å². The Morgan fingerprint density at radius 1 is 1.58 bits per heavy atom. The molecule has 0 aromatic heterocycles. The number of hydrogen-bond acceptors (Lipinski definition) is 3. The van der Waals surface area contributed by atoms with E-state index in [1.807, 2.05) is 0 Å². The molecule has 0 spiro atoms. The number of rotatable bonds is 2. The van der Waals surface area contributed by atoms with Crippen molar-refractivity contribution in [2.24, 2.45) is 11.7 Å². The van der Waals surface area contributed by atoms with Gasteiger partial charge in [-0.05, 0) is 13.0 Å². The third-order valence-electron chi connectivity index (χ3n) is 4.00. The van der Waals surface area contributed by atoms with Crippen molar-refractivity contribution in [1.82, 2.24) is 10.2 Å². The summed E-state index contributed by atoms with van der Waals surface area (Å²) in [5.41, 5.74) is 3.51. The third-order valence-corrected chi connectivity index (χ3v) is 4.00. The number of nitrogens with one attached hydrogen (secondary N) is 1. The van der Waals surface area contributed by atoms with E-state index in [0.717, 1.165) is 4.90 Å². The number of halogens is 2. The SMILES string of the molecule is CC[C@@]1(F)O[C@@H](N2C=CC(N)NC2=O)[C@](C)(F)[C@@H]1C. The van der Waals surface area contributed by atoms with E-state index in [0.29, 0.717) is 0 Å². The van der Waals surface area contributed by atoms with Crippen LogP contribution in [-0.4, -0.2) is 34.8 Å². The maximum atomic E-state index is 14.8. The Hall–Kier alpha value is -1.21. The zero-order chi connectivity index (χ0) is 14.4. The normalized spacial score (nSPS) is 46.5. The lowest BCUT2D eigenvalue weighted by Gasteiger charge is -2.34. The molecule has 5 atom stereocenters. The number of nitrogens with zero attached hydrogens (tertiary/aromatic N) is 1. The predicted octanol–water partition coefficient (Wildman–Crippen LogP) is 1.61. The summed E-state index contributed by atoms with van der Waals surface area (Å²) in [6.07, 6.45) is 0.893. The number of ether oxygens (including phenoxy) is 1. The molecule has 19 heavy (non-hydrogen) atoms. The van der Waals surface area contributed by atoms with E-state index >= 15 is 0 Å². The largest absolute Gasteiger partial charge is 0.325 e. The fraction of sp³-hybridized carbons (Fsp3) is 0.750. The van der Waals surface area contributed by atoms with E-state index in [4.69, 9.17) is 10.5 Å². The fourth-order valence-electron chi connectivity index (χ4n) is 2.46. The lowest BCUT2D eigenvalue weighted by Crippen LogP contribution is -2.56. The molecule has 2 rings (SSSR count). The van der Waals surface area contributed by atoms with Crippen molar-refractivity contribution in [2.75, 3.05) is 0 Å². The van der Waals surface area contributed by atoms with Crippen molar-refractivity contribution in [3.63, 3.8) is 0 Å². The van der Waals surface area contributed by atoms with Gasteiger partial charge in [0.2, 0.25) is 5.85 Å². The highest BCUT2D eigenvalue weighted by molar-refractivity contribution is 5.77. The van der Waals surface area contributed by atoms with Gasteiger partial charge in [-0.25, -0.2) is 13.6 Å². The smallest absolute Gasteiger partial charge is 0.319 e. The van der Waals surface area contributed by atoms with Crippen LogP contribution in [0.5, 0.6) is 0 Å². The summed E-state index contributed by atoms with van der Waals surface area (Å²) in [7, 11) is 0. The molecule has 0 bridgehead atoms. The molecule has 2 amide bonds. The van der Waals surface area contributed by atoms with Crippen molar-refractivity contribution in [2.45, 2.75) is 51.1 Å². The molecule has 3 N–H and O–H groups in total. The lowest BCUT2D eigenvalue weighted by atomic mass is 9.87. The van der Waals surface area contributed by atoms with Crippen molar-refractivity contribution >= 4 is 6.03 Å². The molecule has 108 valence electrons. The van der Waals surface area contributed by atoms with Crippen LogP contribution in [0.4, 0.5) is 13.6 Å². The molecule has 0 aromatic carbocycles. The van der Waals surface area contributed by atoms with Crippen LogP contribution in [0.3, 0.4) is 0 Å². The molecule has 0 saturated carbocycles. The van der Waals surface area contributed by atoms with Gasteiger partial charge in [-0.15, -0.1) is 0 Å². The van der Waals surface area contributed by atoms with E-state index in [2.05, 4.69) is 5.32 Å². The maximum absolute atomic E-state index is 14.8. The Morgan fingerprint density at radius 2 is 2.21 bits per heavy atom. The number of hydrogen-bond donors (Lipinski definition) is 2. The minimum absolute atomic E-state index is 0.0167. The first-order chi connectivity index (χ1) is 8.72. The Bertz CT molecular complexity index is 416. The highest BCUT2D eigenvalue weighted by Crippen LogP contribution is 2.49. The molecule has 2 aliphatic rings. The van der Waals surface area contributed by atoms with Gasteiger partial charge in [0, 0.05) is 12.6 Å². The Morgan fingerprint density at radius 3 is 2.68 bits per heavy atom. The van der Waals surface area contributed by atoms with Crippen LogP contribution in [0.2, 0.25) is 0 Å². The summed E-state index contributed by atoms with van der Waals surface area (Å²) in [5, 5.41) is 2.41. The van der Waals surface area contributed by atoms with Crippen molar-refractivity contribution in [3.05, 3.63) is 12.3 Å². The summed E-state index contributed by atoms with van der Waals surface area (Å²) in [5.74, 6) is -3.06. The standard InChI is InChI=1S/C12H19F2N3O2/c1-4-12(14)7(2)11(3,13)9(19-12)17-6-5-8(15)16-10(17)18/h5-9H,4,15H2,1-3H3,(H,16,18)/t7-,8?,9+,11+,12+/m0/s1. The van der Waals surface area contributed by atoms with Crippen molar-refractivity contribution in [1.29, 1.82) is 0 Å². The van der Waals surface area contributed by atoms with E-state index < -0.39 is 35.9 Å². The highest BCUT2D eigenvalue weighted by atomic mass is 19.2. The van der Waals surface area contributed by atoms with Gasteiger partial charge in [-0.3, -0.25) is 4.90 Å². The van der Waals surface area contributed by atoms with Crippen LogP contribution < -0.4 is 11.1 Å². The molecule has 0 aliphatic carbocycles. The van der Waals surface area contributed by atoms with E-state index in [9.17, 15) is 13.6 Å². The Labute approximate surface area is 110 Å². The van der Waals surface area contributed by atoms with Gasteiger partial charge in [-0.2, -0.15) is 0 Å². The topological polar surface area (TPSA) is 67.6 Å². The molecule has 0 radical (unpaired) electrons. The monoisotopic (exact) mass is 275 g/mol. The molecule has 5 nitrogen and oxygen atoms in total. The van der Waals surface area contributed by atoms with Crippen LogP contribution in [0.1, 0.15) is 27.2 Å². The Balaban J connectivity index is 2.30. The molecular weight excluding hydrogens is 256 g/mol. The first kappa shape index (κ1) is 14.2. The molecule has 7 heteroatoms. The second kappa shape index (κ2) is 4.42. The summed E-state index contributed by atoms with van der Waals surface area (Å²) in [6.45, 7) is 4.27. The molecule has 2 heterocycles. The van der Waals surface area contributed by atoms with Crippen LogP contribution >= 0.6 is 0 Å². The van der Waals surface area contributed by atoms with Gasteiger partial charge < -0.3 is 15.8 Å². The minimum Gasteiger partial charge on any atom is -0.319 e. The van der Waals surface area contributed by atoms with Gasteiger partial charge in [0.1, 0.15) is 0 Å². The summed E-state index contributed by atoms with van der Waals surface area (Å²) in [6, 6.07) is -0.601. The van der Waals surface area contributed by atoms with Gasteiger partial charge in [-0.1, -0.05) is 13.8 Å².